The smallest absolute Gasteiger partial charge is 0.242 e. The number of methoxy groups -OCH3 is 1. The van der Waals surface area contributed by atoms with Crippen LogP contribution in [0.15, 0.2) is 48.5 Å². The second-order valence-corrected chi connectivity index (χ2v) is 9.92. The molecule has 0 saturated heterocycles. The zero-order chi connectivity index (χ0) is 24.6. The van der Waals surface area contributed by atoms with Crippen molar-refractivity contribution in [2.45, 2.75) is 32.4 Å². The van der Waals surface area contributed by atoms with Gasteiger partial charge in [0.2, 0.25) is 21.8 Å². The molecule has 2 amide bonds. The molecule has 180 valence electrons. The first-order valence-corrected chi connectivity index (χ1v) is 12.7. The average Bonchev–Trinajstić information content (AvgIpc) is 2.78. The van der Waals surface area contributed by atoms with Crippen molar-refractivity contribution < 1.29 is 22.7 Å². The molecule has 1 atom stereocenters. The third-order valence-corrected chi connectivity index (χ3v) is 6.60. The summed E-state index contributed by atoms with van der Waals surface area (Å²) in [4.78, 5) is 26.8. The molecule has 0 radical (unpaired) electrons. The van der Waals surface area contributed by atoms with Crippen molar-refractivity contribution in [3.63, 3.8) is 0 Å². The minimum atomic E-state index is -3.55. The fraction of sp³-hybridized carbons (Fsp3) is 0.391. The number of carbonyl (C=O) groups is 2. The number of sulfonamides is 1. The van der Waals surface area contributed by atoms with Gasteiger partial charge in [0.25, 0.3) is 0 Å². The van der Waals surface area contributed by atoms with Gasteiger partial charge in [-0.15, -0.1) is 0 Å². The van der Waals surface area contributed by atoms with Crippen LogP contribution in [0.4, 0.5) is 5.69 Å². The first kappa shape index (κ1) is 26.5. The molecule has 1 unspecified atom stereocenters. The number of hydrogen-bond acceptors (Lipinski definition) is 5. The maximum absolute atomic E-state index is 13.1. The average molecular weight is 496 g/mol. The van der Waals surface area contributed by atoms with E-state index in [1.54, 1.807) is 49.4 Å². The number of rotatable bonds is 11. The fourth-order valence-electron chi connectivity index (χ4n) is 3.38. The number of nitrogens with zero attached hydrogens (tertiary/aromatic N) is 2. The van der Waals surface area contributed by atoms with E-state index in [0.717, 1.165) is 11.8 Å². The highest BCUT2D eigenvalue weighted by atomic mass is 35.5. The monoisotopic (exact) mass is 495 g/mol. The van der Waals surface area contributed by atoms with Gasteiger partial charge in [-0.2, -0.15) is 0 Å². The van der Waals surface area contributed by atoms with Crippen molar-refractivity contribution in [3.05, 3.63) is 59.1 Å². The van der Waals surface area contributed by atoms with Gasteiger partial charge >= 0.3 is 0 Å². The Balaban J connectivity index is 2.13. The maximum Gasteiger partial charge on any atom is 0.242 e. The number of amides is 2. The van der Waals surface area contributed by atoms with E-state index in [4.69, 9.17) is 16.3 Å². The molecule has 0 aliphatic heterocycles. The maximum atomic E-state index is 13.1. The molecular weight excluding hydrogens is 466 g/mol. The lowest BCUT2D eigenvalue weighted by molar-refractivity contribution is -0.140. The molecule has 33 heavy (non-hydrogen) atoms. The molecule has 2 rings (SSSR count). The molecular formula is C23H30ClN3O5S. The van der Waals surface area contributed by atoms with Crippen LogP contribution in [0.1, 0.15) is 25.3 Å². The van der Waals surface area contributed by atoms with E-state index in [9.17, 15) is 18.0 Å². The van der Waals surface area contributed by atoms with Crippen LogP contribution >= 0.6 is 11.6 Å². The predicted octanol–water partition coefficient (Wildman–Crippen LogP) is 3.06. The van der Waals surface area contributed by atoms with E-state index in [0.29, 0.717) is 16.5 Å². The SMILES string of the molecule is CNC(=O)C(C)N(Cc1cccc(Cl)c1)C(=O)CCCN(c1ccc(OC)cc1)S(C)(=O)=O. The van der Waals surface area contributed by atoms with Crippen molar-refractivity contribution >= 4 is 39.1 Å². The molecule has 8 nitrogen and oxygen atoms in total. The van der Waals surface area contributed by atoms with Crippen molar-refractivity contribution in [1.29, 1.82) is 0 Å². The summed E-state index contributed by atoms with van der Waals surface area (Å²) in [6.07, 6.45) is 1.48. The van der Waals surface area contributed by atoms with Crippen molar-refractivity contribution in [1.82, 2.24) is 10.2 Å². The van der Waals surface area contributed by atoms with E-state index in [1.165, 1.54) is 23.4 Å². The Morgan fingerprint density at radius 3 is 2.36 bits per heavy atom. The molecule has 0 heterocycles. The largest absolute Gasteiger partial charge is 0.497 e. The molecule has 2 aromatic rings. The molecule has 0 aliphatic carbocycles. The summed E-state index contributed by atoms with van der Waals surface area (Å²) in [5, 5.41) is 3.10. The van der Waals surface area contributed by atoms with Crippen molar-refractivity contribution in [3.8, 4) is 5.75 Å². The van der Waals surface area contributed by atoms with Crippen LogP contribution in [0, 0.1) is 0 Å². The molecule has 0 aromatic heterocycles. The molecule has 2 aromatic carbocycles. The zero-order valence-corrected chi connectivity index (χ0v) is 20.8. The first-order chi connectivity index (χ1) is 15.6. The van der Waals surface area contributed by atoms with Crippen LogP contribution in [-0.2, 0) is 26.2 Å². The number of benzene rings is 2. The summed E-state index contributed by atoms with van der Waals surface area (Å²) >= 11 is 6.06. The molecule has 0 aliphatic rings. The lowest BCUT2D eigenvalue weighted by Crippen LogP contribution is -2.46. The van der Waals surface area contributed by atoms with Gasteiger partial charge < -0.3 is 15.0 Å². The lowest BCUT2D eigenvalue weighted by atomic mass is 10.1. The van der Waals surface area contributed by atoms with E-state index >= 15 is 0 Å². The second-order valence-electron chi connectivity index (χ2n) is 7.58. The summed E-state index contributed by atoms with van der Waals surface area (Å²) in [5.74, 6) is 0.0675. The molecule has 0 bridgehead atoms. The standard InChI is InChI=1S/C23H30ClN3O5S/c1-17(23(29)25-2)26(16-18-7-5-8-19(24)15-18)22(28)9-6-14-27(33(4,30)31)20-10-12-21(32-3)13-11-20/h5,7-8,10-13,15,17H,6,9,14,16H2,1-4H3,(H,25,29). The fourth-order valence-corrected chi connectivity index (χ4v) is 4.55. The number of ether oxygens (including phenoxy) is 1. The quantitative estimate of drug-likeness (QED) is 0.517. The van der Waals surface area contributed by atoms with Crippen molar-refractivity contribution in [2.24, 2.45) is 0 Å². The van der Waals surface area contributed by atoms with E-state index in [-0.39, 0.29) is 37.7 Å². The Morgan fingerprint density at radius 2 is 1.82 bits per heavy atom. The van der Waals surface area contributed by atoms with Gasteiger partial charge in [-0.1, -0.05) is 23.7 Å². The third kappa shape index (κ3) is 7.64. The van der Waals surface area contributed by atoms with Crippen LogP contribution in [0.5, 0.6) is 5.75 Å². The Morgan fingerprint density at radius 1 is 1.15 bits per heavy atom. The Bertz CT molecular complexity index is 1060. The molecule has 10 heteroatoms. The van der Waals surface area contributed by atoms with Gasteiger partial charge in [0, 0.05) is 31.6 Å². The van der Waals surface area contributed by atoms with E-state index in [1.807, 2.05) is 6.07 Å². The van der Waals surface area contributed by atoms with Crippen LogP contribution in [0.3, 0.4) is 0 Å². The van der Waals surface area contributed by atoms with Crippen molar-refractivity contribution in [2.75, 3.05) is 31.3 Å². The minimum Gasteiger partial charge on any atom is -0.497 e. The van der Waals surface area contributed by atoms with Crippen LogP contribution in [0.25, 0.3) is 0 Å². The molecule has 0 spiro atoms. The number of anilines is 1. The molecule has 1 N–H and O–H groups in total. The summed E-state index contributed by atoms with van der Waals surface area (Å²) in [6, 6.07) is 13.1. The highest BCUT2D eigenvalue weighted by molar-refractivity contribution is 7.92. The number of likely N-dealkylation sites (N-methyl/N-ethyl adjacent to an activating group) is 1. The van der Waals surface area contributed by atoms with E-state index < -0.39 is 16.1 Å². The number of hydrogen-bond donors (Lipinski definition) is 1. The van der Waals surface area contributed by atoms with Crippen LogP contribution in [0.2, 0.25) is 5.02 Å². The molecule has 0 saturated carbocycles. The van der Waals surface area contributed by atoms with E-state index in [2.05, 4.69) is 5.32 Å². The summed E-state index contributed by atoms with van der Waals surface area (Å²) in [5.41, 5.74) is 1.28. The zero-order valence-electron chi connectivity index (χ0n) is 19.2. The normalized spacial score (nSPS) is 12.0. The van der Waals surface area contributed by atoms with Gasteiger partial charge in [0.15, 0.2) is 0 Å². The topological polar surface area (TPSA) is 96.0 Å². The number of halogens is 1. The summed E-state index contributed by atoms with van der Waals surface area (Å²) in [7, 11) is -0.509. The summed E-state index contributed by atoms with van der Waals surface area (Å²) < 4.78 is 31.1. The number of nitrogens with one attached hydrogen (secondary N) is 1. The van der Waals surface area contributed by atoms with Gasteiger partial charge in [-0.25, -0.2) is 8.42 Å². The van der Waals surface area contributed by atoms with Gasteiger partial charge in [-0.05, 0) is 55.3 Å². The predicted molar refractivity (Wildman–Crippen MR) is 130 cm³/mol. The lowest BCUT2D eigenvalue weighted by Gasteiger charge is -2.29. The highest BCUT2D eigenvalue weighted by Crippen LogP contribution is 2.22. The highest BCUT2D eigenvalue weighted by Gasteiger charge is 2.26. The minimum absolute atomic E-state index is 0.0735. The Kier molecular flexibility index (Phi) is 9.55. The molecule has 0 fully saturated rings. The number of carbonyl (C=O) groups excluding carboxylic acids is 2. The van der Waals surface area contributed by atoms with Crippen LogP contribution in [-0.4, -0.2) is 58.1 Å². The first-order valence-electron chi connectivity index (χ1n) is 10.4. The van der Waals surface area contributed by atoms with Gasteiger partial charge in [-0.3, -0.25) is 13.9 Å². The van der Waals surface area contributed by atoms with Gasteiger partial charge in [0.1, 0.15) is 11.8 Å². The third-order valence-electron chi connectivity index (χ3n) is 5.17. The second kappa shape index (κ2) is 11.9. The summed E-state index contributed by atoms with van der Waals surface area (Å²) in [6.45, 7) is 1.99. The van der Waals surface area contributed by atoms with Gasteiger partial charge in [0.05, 0.1) is 19.1 Å². The van der Waals surface area contributed by atoms with Crippen LogP contribution < -0.4 is 14.4 Å². The Labute approximate surface area is 200 Å². The Hall–Kier alpha value is -2.78.